The van der Waals surface area contributed by atoms with Crippen molar-refractivity contribution in [3.05, 3.63) is 18.5 Å². The summed E-state index contributed by atoms with van der Waals surface area (Å²) in [6, 6.07) is 2.91. The lowest BCUT2D eigenvalue weighted by molar-refractivity contribution is -0.127. The Labute approximate surface area is 149 Å². The van der Waals surface area contributed by atoms with E-state index in [-0.39, 0.29) is 5.92 Å². The van der Waals surface area contributed by atoms with E-state index < -0.39 is 0 Å². The maximum Gasteiger partial charge on any atom is 0.225 e. The molecule has 2 aliphatic heterocycles. The molecule has 3 heterocycles. The van der Waals surface area contributed by atoms with Crippen molar-refractivity contribution in [3.63, 3.8) is 0 Å². The second kappa shape index (κ2) is 5.96. The van der Waals surface area contributed by atoms with Crippen molar-refractivity contribution in [3.8, 4) is 0 Å². The summed E-state index contributed by atoms with van der Waals surface area (Å²) in [5.74, 6) is 4.30. The number of hydrogen-bond donors (Lipinski definition) is 1. The lowest BCUT2D eigenvalue weighted by Crippen LogP contribution is -2.41. The highest BCUT2D eigenvalue weighted by Crippen LogP contribution is 2.53. The van der Waals surface area contributed by atoms with E-state index in [9.17, 15) is 4.79 Å². The topological polar surface area (TPSA) is 58.1 Å². The van der Waals surface area contributed by atoms with Crippen molar-refractivity contribution in [2.75, 3.05) is 11.4 Å². The lowest BCUT2D eigenvalue weighted by atomic mass is 9.80. The first-order valence-electron chi connectivity index (χ1n) is 10.0. The first-order chi connectivity index (χ1) is 12.2. The fourth-order valence-electron chi connectivity index (χ4n) is 5.88. The van der Waals surface area contributed by atoms with Gasteiger partial charge in [-0.05, 0) is 68.3 Å². The second-order valence-corrected chi connectivity index (χ2v) is 8.81. The highest BCUT2D eigenvalue weighted by atomic mass is 16.1. The molecule has 2 saturated heterocycles. The summed E-state index contributed by atoms with van der Waals surface area (Å²) < 4.78 is 0. The molecule has 1 amide bonds. The first-order valence-corrected chi connectivity index (χ1v) is 10.0. The maximum atomic E-state index is 12.7. The van der Waals surface area contributed by atoms with Crippen LogP contribution in [0.4, 0.5) is 5.95 Å². The number of fused-ring (bicyclic) bond motifs is 3. The Kier molecular flexibility index (Phi) is 3.72. The van der Waals surface area contributed by atoms with Crippen LogP contribution in [-0.4, -0.2) is 34.5 Å². The fourth-order valence-corrected chi connectivity index (χ4v) is 5.88. The van der Waals surface area contributed by atoms with Crippen LogP contribution in [0.25, 0.3) is 0 Å². The van der Waals surface area contributed by atoms with E-state index in [2.05, 4.69) is 27.1 Å². The number of carbonyl (C=O) groups is 1. The Hall–Kier alpha value is -1.65. The van der Waals surface area contributed by atoms with Gasteiger partial charge in [-0.1, -0.05) is 6.92 Å². The van der Waals surface area contributed by atoms with Gasteiger partial charge in [0.15, 0.2) is 0 Å². The highest BCUT2D eigenvalue weighted by molar-refractivity contribution is 5.79. The zero-order chi connectivity index (χ0) is 17.0. The van der Waals surface area contributed by atoms with Gasteiger partial charge >= 0.3 is 0 Å². The summed E-state index contributed by atoms with van der Waals surface area (Å²) in [6.07, 6.45) is 11.0. The molecule has 1 aromatic heterocycles. The molecule has 25 heavy (non-hydrogen) atoms. The summed E-state index contributed by atoms with van der Waals surface area (Å²) >= 11 is 0. The minimum absolute atomic E-state index is 0.246. The van der Waals surface area contributed by atoms with Gasteiger partial charge in [0.2, 0.25) is 11.9 Å². The van der Waals surface area contributed by atoms with E-state index in [0.717, 1.165) is 37.2 Å². The average Bonchev–Trinajstić information content (AvgIpc) is 3.14. The van der Waals surface area contributed by atoms with Crippen LogP contribution in [0.5, 0.6) is 0 Å². The SMILES string of the molecule is CC1CC2CC2CC1C(=O)NCC1CC2CCC1N2c1ncccn1. The van der Waals surface area contributed by atoms with Crippen LogP contribution in [-0.2, 0) is 4.79 Å². The van der Waals surface area contributed by atoms with Gasteiger partial charge in [0.25, 0.3) is 0 Å². The molecule has 1 aromatic rings. The molecule has 134 valence electrons. The van der Waals surface area contributed by atoms with Gasteiger partial charge < -0.3 is 10.2 Å². The van der Waals surface area contributed by atoms with E-state index in [0.29, 0.717) is 29.8 Å². The number of nitrogens with one attached hydrogen (secondary N) is 1. The molecule has 5 heteroatoms. The summed E-state index contributed by atoms with van der Waals surface area (Å²) in [5, 5.41) is 3.31. The number of anilines is 1. The standard InChI is InChI=1S/C20H28N4O/c1-12-7-13-8-14(13)10-17(12)19(25)23-11-15-9-16-3-4-18(15)24(16)20-21-5-2-6-22-20/h2,5-6,12-18H,3-4,7-11H2,1H3,(H,23,25). The number of hydrogen-bond acceptors (Lipinski definition) is 4. The predicted molar refractivity (Wildman–Crippen MR) is 95.9 cm³/mol. The van der Waals surface area contributed by atoms with Crippen molar-refractivity contribution in [2.24, 2.45) is 29.6 Å². The van der Waals surface area contributed by atoms with Gasteiger partial charge in [0, 0.05) is 36.9 Å². The van der Waals surface area contributed by atoms with Crippen LogP contribution >= 0.6 is 0 Å². The van der Waals surface area contributed by atoms with E-state index >= 15 is 0 Å². The average molecular weight is 340 g/mol. The Bertz CT molecular complexity index is 650. The van der Waals surface area contributed by atoms with Crippen molar-refractivity contribution in [2.45, 2.75) is 57.5 Å². The maximum absolute atomic E-state index is 12.7. The van der Waals surface area contributed by atoms with Crippen molar-refractivity contribution in [1.82, 2.24) is 15.3 Å². The molecule has 5 nitrogen and oxygen atoms in total. The molecule has 2 aliphatic carbocycles. The number of carbonyl (C=O) groups excluding carboxylic acids is 1. The summed E-state index contributed by atoms with van der Waals surface area (Å²) in [7, 11) is 0. The monoisotopic (exact) mass is 340 g/mol. The van der Waals surface area contributed by atoms with E-state index in [1.165, 1.54) is 25.7 Å². The van der Waals surface area contributed by atoms with Crippen LogP contribution in [0.15, 0.2) is 18.5 Å². The van der Waals surface area contributed by atoms with Crippen LogP contribution in [0.1, 0.15) is 45.4 Å². The second-order valence-electron chi connectivity index (χ2n) is 8.81. The zero-order valence-corrected chi connectivity index (χ0v) is 15.0. The molecule has 4 fully saturated rings. The molecular formula is C20H28N4O. The smallest absolute Gasteiger partial charge is 0.225 e. The fraction of sp³-hybridized carbons (Fsp3) is 0.750. The molecular weight excluding hydrogens is 312 g/mol. The van der Waals surface area contributed by atoms with Gasteiger partial charge in [-0.3, -0.25) is 4.79 Å². The van der Waals surface area contributed by atoms with Crippen LogP contribution in [0.2, 0.25) is 0 Å². The first kappa shape index (κ1) is 15.6. The highest BCUT2D eigenvalue weighted by Gasteiger charge is 2.49. The molecule has 7 unspecified atom stereocenters. The third kappa shape index (κ3) is 2.72. The van der Waals surface area contributed by atoms with Gasteiger partial charge in [-0.15, -0.1) is 0 Å². The van der Waals surface area contributed by atoms with Crippen LogP contribution in [0, 0.1) is 29.6 Å². The minimum Gasteiger partial charge on any atom is -0.355 e. The van der Waals surface area contributed by atoms with E-state index in [1.54, 1.807) is 0 Å². The number of amides is 1. The largest absolute Gasteiger partial charge is 0.355 e. The Morgan fingerprint density at radius 1 is 1.16 bits per heavy atom. The minimum atomic E-state index is 0.246. The van der Waals surface area contributed by atoms with Crippen molar-refractivity contribution < 1.29 is 4.79 Å². The van der Waals surface area contributed by atoms with Crippen LogP contribution in [0.3, 0.4) is 0 Å². The molecule has 4 aliphatic rings. The molecule has 2 bridgehead atoms. The van der Waals surface area contributed by atoms with E-state index in [4.69, 9.17) is 0 Å². The zero-order valence-electron chi connectivity index (χ0n) is 15.0. The van der Waals surface area contributed by atoms with Crippen molar-refractivity contribution in [1.29, 1.82) is 0 Å². The lowest BCUT2D eigenvalue weighted by Gasteiger charge is -2.29. The molecule has 7 atom stereocenters. The number of aromatic nitrogens is 2. The van der Waals surface area contributed by atoms with Gasteiger partial charge in [0.1, 0.15) is 0 Å². The van der Waals surface area contributed by atoms with Gasteiger partial charge in [-0.2, -0.15) is 0 Å². The molecule has 5 rings (SSSR count). The summed E-state index contributed by atoms with van der Waals surface area (Å²) in [6.45, 7) is 3.09. The number of rotatable bonds is 4. The van der Waals surface area contributed by atoms with Gasteiger partial charge in [0.05, 0.1) is 0 Å². The third-order valence-electron chi connectivity index (χ3n) is 7.31. The molecule has 2 saturated carbocycles. The van der Waals surface area contributed by atoms with Gasteiger partial charge in [-0.25, -0.2) is 9.97 Å². The van der Waals surface area contributed by atoms with Crippen molar-refractivity contribution >= 4 is 11.9 Å². The molecule has 1 N–H and O–H groups in total. The molecule has 0 spiro atoms. The molecule has 0 aromatic carbocycles. The quantitative estimate of drug-likeness (QED) is 0.915. The summed E-state index contributed by atoms with van der Waals surface area (Å²) in [5.41, 5.74) is 0. The Balaban J connectivity index is 1.20. The number of nitrogens with zero attached hydrogens (tertiary/aromatic N) is 3. The molecule has 0 radical (unpaired) electrons. The van der Waals surface area contributed by atoms with Crippen LogP contribution < -0.4 is 10.2 Å². The Morgan fingerprint density at radius 2 is 1.96 bits per heavy atom. The normalized spacial score (nSPS) is 41.5. The van der Waals surface area contributed by atoms with E-state index in [1.807, 2.05) is 18.5 Å². The Morgan fingerprint density at radius 3 is 2.80 bits per heavy atom. The third-order valence-corrected chi connectivity index (χ3v) is 7.31. The summed E-state index contributed by atoms with van der Waals surface area (Å²) in [4.78, 5) is 24.1. The predicted octanol–water partition coefficient (Wildman–Crippen LogP) is 2.63.